The number of hydrogen-bond donors (Lipinski definition) is 1. The Morgan fingerprint density at radius 3 is 2.67 bits per heavy atom. The normalized spacial score (nSPS) is 23.6. The number of nitrogens with zero attached hydrogens (tertiary/aromatic N) is 2. The Bertz CT molecular complexity index is 952. The molecular weight excluding hydrogens is 355 g/mol. The lowest BCUT2D eigenvalue weighted by Gasteiger charge is -2.38. The fourth-order valence-electron chi connectivity index (χ4n) is 4.18. The van der Waals surface area contributed by atoms with Crippen molar-refractivity contribution in [1.29, 1.82) is 0 Å². The maximum Gasteiger partial charge on any atom is 0.433 e. The average molecular weight is 373 g/mol. The maximum absolute atomic E-state index is 13.4. The third-order valence-electron chi connectivity index (χ3n) is 5.41. The topological polar surface area (TPSA) is 54.4 Å². The van der Waals surface area contributed by atoms with Gasteiger partial charge in [-0.05, 0) is 42.5 Å². The maximum atomic E-state index is 13.4. The number of amidine groups is 1. The lowest BCUT2D eigenvalue weighted by atomic mass is 9.69. The van der Waals surface area contributed by atoms with Crippen LogP contribution < -0.4 is 5.32 Å². The Labute approximate surface area is 154 Å². The molecule has 1 spiro atoms. The fourth-order valence-corrected chi connectivity index (χ4v) is 4.18. The molecule has 0 bridgehead atoms. The lowest BCUT2D eigenvalue weighted by Crippen LogP contribution is -2.54. The predicted molar refractivity (Wildman–Crippen MR) is 94.6 cm³/mol. The van der Waals surface area contributed by atoms with Gasteiger partial charge in [-0.3, -0.25) is 9.79 Å². The third-order valence-corrected chi connectivity index (χ3v) is 5.41. The zero-order chi connectivity index (χ0) is 19.2. The number of aryl methyl sites for hydroxylation is 1. The van der Waals surface area contributed by atoms with Gasteiger partial charge in [-0.25, -0.2) is 4.98 Å². The number of carbonyl (C=O) groups is 1. The predicted octanol–water partition coefficient (Wildman–Crippen LogP) is 3.62. The molecule has 1 aliphatic heterocycles. The quantitative estimate of drug-likeness (QED) is 0.767. The number of pyridine rings is 1. The van der Waals surface area contributed by atoms with Crippen molar-refractivity contribution in [2.45, 2.75) is 37.3 Å². The van der Waals surface area contributed by atoms with Gasteiger partial charge >= 0.3 is 6.18 Å². The number of halogens is 3. The number of hydrogen-bond acceptors (Lipinski definition) is 3. The Kier molecular flexibility index (Phi) is 4.05. The van der Waals surface area contributed by atoms with Crippen LogP contribution in [-0.2, 0) is 22.8 Å². The fraction of sp³-hybridized carbons (Fsp3) is 0.350. The van der Waals surface area contributed by atoms with Crippen LogP contribution in [0.2, 0.25) is 0 Å². The van der Waals surface area contributed by atoms with E-state index in [0.29, 0.717) is 12.0 Å². The van der Waals surface area contributed by atoms with Crippen molar-refractivity contribution < 1.29 is 18.0 Å². The summed E-state index contributed by atoms with van der Waals surface area (Å²) in [4.78, 5) is 21.3. The van der Waals surface area contributed by atoms with E-state index < -0.39 is 17.3 Å². The zero-order valence-electron chi connectivity index (χ0n) is 14.7. The minimum atomic E-state index is -4.59. The number of rotatable bonds is 0. The zero-order valence-corrected chi connectivity index (χ0v) is 14.7. The van der Waals surface area contributed by atoms with E-state index in [1.807, 2.05) is 24.3 Å². The SMILES string of the molecule is CN=C1NC(=O)[C@]2(CCCCc3ccccc32)c2nc(C(F)(F)F)ccc21. The first kappa shape index (κ1) is 17.7. The summed E-state index contributed by atoms with van der Waals surface area (Å²) in [7, 11) is 1.50. The van der Waals surface area contributed by atoms with Gasteiger partial charge in [0.2, 0.25) is 5.91 Å². The highest BCUT2D eigenvalue weighted by Crippen LogP contribution is 2.45. The van der Waals surface area contributed by atoms with Crippen molar-refractivity contribution in [1.82, 2.24) is 10.3 Å². The van der Waals surface area contributed by atoms with Crippen molar-refractivity contribution in [3.8, 4) is 0 Å². The van der Waals surface area contributed by atoms with Crippen LogP contribution in [0.1, 0.15) is 47.3 Å². The van der Waals surface area contributed by atoms with Crippen LogP contribution in [0.4, 0.5) is 13.2 Å². The highest BCUT2D eigenvalue weighted by Gasteiger charge is 2.51. The summed E-state index contributed by atoms with van der Waals surface area (Å²) >= 11 is 0. The van der Waals surface area contributed by atoms with E-state index in [1.54, 1.807) is 0 Å². The summed E-state index contributed by atoms with van der Waals surface area (Å²) < 4.78 is 40.1. The minimum absolute atomic E-state index is 0.149. The van der Waals surface area contributed by atoms with Crippen molar-refractivity contribution >= 4 is 11.7 Å². The van der Waals surface area contributed by atoms with Crippen LogP contribution in [0.25, 0.3) is 0 Å². The van der Waals surface area contributed by atoms with Gasteiger partial charge in [0, 0.05) is 12.6 Å². The van der Waals surface area contributed by atoms with E-state index in [0.717, 1.165) is 36.5 Å². The molecule has 1 amide bonds. The van der Waals surface area contributed by atoms with Crippen molar-refractivity contribution in [3.05, 3.63) is 64.5 Å². The standard InChI is InChI=1S/C20H18F3N3O/c1-24-17-13-9-10-15(20(21,22)23)25-16(13)19(18(27)26-17)11-5-4-7-12-6-2-3-8-14(12)19/h2-3,6,8-10H,4-5,7,11H2,1H3,(H,24,26,27)/t19-/m0/s1. The summed E-state index contributed by atoms with van der Waals surface area (Å²) in [6, 6.07) is 9.78. The van der Waals surface area contributed by atoms with E-state index in [-0.39, 0.29) is 17.4 Å². The molecule has 0 saturated heterocycles. The number of aromatic nitrogens is 1. The van der Waals surface area contributed by atoms with Crippen LogP contribution in [0, 0.1) is 0 Å². The molecule has 2 aromatic rings. The highest BCUT2D eigenvalue weighted by molar-refractivity contribution is 6.16. The molecule has 1 aliphatic carbocycles. The second kappa shape index (κ2) is 6.18. The number of carbonyl (C=O) groups excluding carboxylic acids is 1. The Morgan fingerprint density at radius 1 is 1.15 bits per heavy atom. The molecular formula is C20H18F3N3O. The summed E-state index contributed by atoms with van der Waals surface area (Å²) in [5, 5.41) is 2.80. The number of benzene rings is 1. The monoisotopic (exact) mass is 373 g/mol. The molecule has 1 aromatic carbocycles. The third kappa shape index (κ3) is 2.64. The molecule has 4 nitrogen and oxygen atoms in total. The molecule has 0 fully saturated rings. The lowest BCUT2D eigenvalue weighted by molar-refractivity contribution is -0.141. The number of amides is 1. The number of aliphatic imine (C=N–C) groups is 1. The van der Waals surface area contributed by atoms with Crippen LogP contribution in [0.15, 0.2) is 41.4 Å². The van der Waals surface area contributed by atoms with Crippen molar-refractivity contribution in [2.75, 3.05) is 7.05 Å². The summed E-state index contributed by atoms with van der Waals surface area (Å²) in [5.74, 6) is -0.111. The molecule has 1 N–H and O–H groups in total. The summed E-state index contributed by atoms with van der Waals surface area (Å²) in [6.07, 6.45) is -1.80. The molecule has 0 radical (unpaired) electrons. The molecule has 140 valence electrons. The van der Waals surface area contributed by atoms with E-state index >= 15 is 0 Å². The molecule has 2 aliphatic rings. The van der Waals surface area contributed by atoms with Gasteiger partial charge < -0.3 is 5.32 Å². The number of alkyl halides is 3. The van der Waals surface area contributed by atoms with Crippen molar-refractivity contribution in [2.24, 2.45) is 4.99 Å². The van der Waals surface area contributed by atoms with Crippen molar-refractivity contribution in [3.63, 3.8) is 0 Å². The van der Waals surface area contributed by atoms with Crippen LogP contribution in [0.3, 0.4) is 0 Å². The molecule has 27 heavy (non-hydrogen) atoms. The average Bonchev–Trinajstić information content (AvgIpc) is 2.84. The van der Waals surface area contributed by atoms with E-state index in [1.165, 1.54) is 13.1 Å². The molecule has 1 aromatic heterocycles. The molecule has 7 heteroatoms. The van der Waals surface area contributed by atoms with Gasteiger partial charge in [-0.2, -0.15) is 13.2 Å². The Balaban J connectivity index is 2.07. The first-order valence-electron chi connectivity index (χ1n) is 8.83. The van der Waals surface area contributed by atoms with Gasteiger partial charge in [0.1, 0.15) is 16.9 Å². The molecule has 2 heterocycles. The van der Waals surface area contributed by atoms with Crippen LogP contribution in [-0.4, -0.2) is 23.8 Å². The molecule has 1 atom stereocenters. The van der Waals surface area contributed by atoms with Crippen LogP contribution in [0.5, 0.6) is 0 Å². The van der Waals surface area contributed by atoms with Gasteiger partial charge in [0.15, 0.2) is 0 Å². The number of fused-ring (bicyclic) bond motifs is 4. The first-order chi connectivity index (χ1) is 12.9. The Hall–Kier alpha value is -2.70. The van der Waals surface area contributed by atoms with Crippen LogP contribution >= 0.6 is 0 Å². The molecule has 0 unspecified atom stereocenters. The van der Waals surface area contributed by atoms with Gasteiger partial charge in [0.25, 0.3) is 0 Å². The Morgan fingerprint density at radius 2 is 1.93 bits per heavy atom. The largest absolute Gasteiger partial charge is 0.433 e. The highest BCUT2D eigenvalue weighted by atomic mass is 19.4. The van der Waals surface area contributed by atoms with Gasteiger partial charge in [0.05, 0.1) is 5.69 Å². The molecule has 0 saturated carbocycles. The number of nitrogens with one attached hydrogen (secondary N) is 1. The van der Waals surface area contributed by atoms with Gasteiger partial charge in [-0.1, -0.05) is 30.7 Å². The smallest absolute Gasteiger partial charge is 0.309 e. The van der Waals surface area contributed by atoms with E-state index in [2.05, 4.69) is 15.3 Å². The minimum Gasteiger partial charge on any atom is -0.309 e. The first-order valence-corrected chi connectivity index (χ1v) is 8.83. The molecule has 4 rings (SSSR count). The summed E-state index contributed by atoms with van der Waals surface area (Å²) in [6.45, 7) is 0. The summed E-state index contributed by atoms with van der Waals surface area (Å²) in [5.41, 5.74) is 0.0819. The second-order valence-electron chi connectivity index (χ2n) is 6.89. The van der Waals surface area contributed by atoms with Gasteiger partial charge in [-0.15, -0.1) is 0 Å². The van der Waals surface area contributed by atoms with E-state index in [4.69, 9.17) is 0 Å². The second-order valence-corrected chi connectivity index (χ2v) is 6.89. The van der Waals surface area contributed by atoms with E-state index in [9.17, 15) is 18.0 Å².